The maximum Gasteiger partial charge on any atom is 0.132 e. The maximum absolute atomic E-state index is 13.7. The Morgan fingerprint density at radius 3 is 2.76 bits per heavy atom. The minimum Gasteiger partial charge on any atom is -0.325 e. The molecular weight excluding hydrogens is 241 g/mol. The molecule has 2 N–H and O–H groups in total. The second-order valence-electron chi connectivity index (χ2n) is 3.62. The van der Waals surface area contributed by atoms with Crippen molar-refractivity contribution in [3.05, 3.63) is 46.6 Å². The van der Waals surface area contributed by atoms with E-state index in [9.17, 15) is 4.39 Å². The molecule has 0 saturated heterocycles. The van der Waals surface area contributed by atoms with Gasteiger partial charge in [0.25, 0.3) is 0 Å². The van der Waals surface area contributed by atoms with E-state index in [2.05, 4.69) is 9.97 Å². The van der Waals surface area contributed by atoms with Gasteiger partial charge in [0.05, 0.1) is 11.4 Å². The van der Waals surface area contributed by atoms with Gasteiger partial charge in [0, 0.05) is 17.1 Å². The highest BCUT2D eigenvalue weighted by molar-refractivity contribution is 6.30. The summed E-state index contributed by atoms with van der Waals surface area (Å²) >= 11 is 5.85. The van der Waals surface area contributed by atoms with E-state index in [1.54, 1.807) is 19.1 Å². The predicted molar refractivity (Wildman–Crippen MR) is 65.1 cm³/mol. The number of rotatable bonds is 2. The van der Waals surface area contributed by atoms with Crippen molar-refractivity contribution in [3.8, 4) is 11.3 Å². The molecule has 0 radical (unpaired) electrons. The molecule has 1 aromatic heterocycles. The summed E-state index contributed by atoms with van der Waals surface area (Å²) in [7, 11) is 0. The number of aryl methyl sites for hydroxylation is 1. The Hall–Kier alpha value is -1.52. The van der Waals surface area contributed by atoms with Crippen LogP contribution in [0.4, 0.5) is 4.39 Å². The number of nitrogens with two attached hydrogens (primary N) is 1. The Labute approximate surface area is 103 Å². The van der Waals surface area contributed by atoms with E-state index in [-0.39, 0.29) is 5.82 Å². The predicted octanol–water partition coefficient (Wildman–Crippen LogP) is 2.70. The molecule has 0 aliphatic carbocycles. The van der Waals surface area contributed by atoms with E-state index >= 15 is 0 Å². The molecule has 1 heterocycles. The van der Waals surface area contributed by atoms with E-state index in [1.165, 1.54) is 12.1 Å². The van der Waals surface area contributed by atoms with Crippen LogP contribution in [0.25, 0.3) is 11.3 Å². The van der Waals surface area contributed by atoms with E-state index in [0.29, 0.717) is 34.3 Å². The molecule has 0 aliphatic rings. The fourth-order valence-corrected chi connectivity index (χ4v) is 1.74. The smallest absolute Gasteiger partial charge is 0.132 e. The van der Waals surface area contributed by atoms with Crippen LogP contribution in [0.3, 0.4) is 0 Å². The molecule has 0 amide bonds. The second kappa shape index (κ2) is 4.77. The summed E-state index contributed by atoms with van der Waals surface area (Å²) in [5.41, 5.74) is 7.05. The van der Waals surface area contributed by atoms with Gasteiger partial charge >= 0.3 is 0 Å². The molecule has 5 heteroatoms. The van der Waals surface area contributed by atoms with E-state index in [1.807, 2.05) is 0 Å². The van der Waals surface area contributed by atoms with Crippen LogP contribution in [0.1, 0.15) is 11.5 Å². The molecule has 88 valence electrons. The highest BCUT2D eigenvalue weighted by Crippen LogP contribution is 2.24. The van der Waals surface area contributed by atoms with Crippen molar-refractivity contribution in [2.45, 2.75) is 13.5 Å². The molecule has 2 rings (SSSR count). The maximum atomic E-state index is 13.7. The fourth-order valence-electron chi connectivity index (χ4n) is 1.57. The zero-order valence-corrected chi connectivity index (χ0v) is 10.0. The molecule has 0 atom stereocenters. The molecule has 0 bridgehead atoms. The Morgan fingerprint density at radius 2 is 2.06 bits per heavy atom. The molecule has 0 saturated carbocycles. The summed E-state index contributed by atoms with van der Waals surface area (Å²) in [5, 5.41) is 0.465. The van der Waals surface area contributed by atoms with Gasteiger partial charge in [0.15, 0.2) is 0 Å². The lowest BCUT2D eigenvalue weighted by molar-refractivity contribution is 0.630. The van der Waals surface area contributed by atoms with Gasteiger partial charge in [-0.05, 0) is 31.2 Å². The third-order valence-electron chi connectivity index (χ3n) is 2.30. The molecule has 3 nitrogen and oxygen atoms in total. The minimum absolute atomic E-state index is 0.290. The number of aromatic nitrogens is 2. The first kappa shape index (κ1) is 12.0. The quantitative estimate of drug-likeness (QED) is 0.893. The summed E-state index contributed by atoms with van der Waals surface area (Å²) in [6, 6.07) is 6.02. The lowest BCUT2D eigenvalue weighted by Crippen LogP contribution is -2.03. The first-order valence-electron chi connectivity index (χ1n) is 5.10. The van der Waals surface area contributed by atoms with Crippen LogP contribution >= 0.6 is 11.6 Å². The summed E-state index contributed by atoms with van der Waals surface area (Å²) in [6.07, 6.45) is 0. The lowest BCUT2D eigenvalue weighted by Gasteiger charge is -2.06. The van der Waals surface area contributed by atoms with Gasteiger partial charge < -0.3 is 5.73 Å². The molecule has 17 heavy (non-hydrogen) atoms. The van der Waals surface area contributed by atoms with Gasteiger partial charge in [0.1, 0.15) is 11.6 Å². The van der Waals surface area contributed by atoms with Crippen LogP contribution in [0.5, 0.6) is 0 Å². The Bertz CT molecular complexity index is 557. The number of nitrogens with zero attached hydrogens (tertiary/aromatic N) is 2. The number of halogens is 2. The Kier molecular flexibility index (Phi) is 3.36. The van der Waals surface area contributed by atoms with Gasteiger partial charge in [0.2, 0.25) is 0 Å². The van der Waals surface area contributed by atoms with Gasteiger partial charge in [-0.25, -0.2) is 14.4 Å². The summed E-state index contributed by atoms with van der Waals surface area (Å²) in [6.45, 7) is 2.03. The molecule has 0 spiro atoms. The van der Waals surface area contributed by atoms with Crippen molar-refractivity contribution in [2.24, 2.45) is 5.73 Å². The molecule has 1 aromatic carbocycles. The number of hydrogen-bond acceptors (Lipinski definition) is 3. The van der Waals surface area contributed by atoms with Gasteiger partial charge in [-0.15, -0.1) is 0 Å². The zero-order valence-electron chi connectivity index (χ0n) is 9.24. The topological polar surface area (TPSA) is 51.8 Å². The summed E-state index contributed by atoms with van der Waals surface area (Å²) in [4.78, 5) is 8.33. The van der Waals surface area contributed by atoms with Gasteiger partial charge in [-0.1, -0.05) is 11.6 Å². The molecule has 0 unspecified atom stereocenters. The van der Waals surface area contributed by atoms with Crippen molar-refractivity contribution in [2.75, 3.05) is 0 Å². The van der Waals surface area contributed by atoms with Crippen molar-refractivity contribution in [1.82, 2.24) is 9.97 Å². The standard InChI is InChI=1S/C12H11ClFN3/c1-7-16-9(6-15)5-12(17-7)10-4-8(13)2-3-11(10)14/h2-5H,6,15H2,1H3. The lowest BCUT2D eigenvalue weighted by atomic mass is 10.1. The van der Waals surface area contributed by atoms with Crippen LogP contribution in [0.2, 0.25) is 5.02 Å². The zero-order chi connectivity index (χ0) is 12.4. The van der Waals surface area contributed by atoms with Crippen LogP contribution < -0.4 is 5.73 Å². The Morgan fingerprint density at radius 1 is 1.29 bits per heavy atom. The monoisotopic (exact) mass is 251 g/mol. The van der Waals surface area contributed by atoms with Gasteiger partial charge in [-0.3, -0.25) is 0 Å². The van der Waals surface area contributed by atoms with E-state index < -0.39 is 0 Å². The SMILES string of the molecule is Cc1nc(CN)cc(-c2cc(Cl)ccc2F)n1. The van der Waals surface area contributed by atoms with Crippen molar-refractivity contribution in [1.29, 1.82) is 0 Å². The average Bonchev–Trinajstić information content (AvgIpc) is 2.31. The fraction of sp³-hybridized carbons (Fsp3) is 0.167. The van der Waals surface area contributed by atoms with Crippen molar-refractivity contribution in [3.63, 3.8) is 0 Å². The average molecular weight is 252 g/mol. The summed E-state index contributed by atoms with van der Waals surface area (Å²) in [5.74, 6) is 0.192. The van der Waals surface area contributed by atoms with Gasteiger partial charge in [-0.2, -0.15) is 0 Å². The highest BCUT2D eigenvalue weighted by Gasteiger charge is 2.09. The first-order chi connectivity index (χ1) is 8.10. The first-order valence-corrected chi connectivity index (χ1v) is 5.48. The van der Waals surface area contributed by atoms with Crippen molar-refractivity contribution < 1.29 is 4.39 Å². The third-order valence-corrected chi connectivity index (χ3v) is 2.54. The molecule has 0 aliphatic heterocycles. The van der Waals surface area contributed by atoms with Crippen LogP contribution in [0, 0.1) is 12.7 Å². The largest absolute Gasteiger partial charge is 0.325 e. The second-order valence-corrected chi connectivity index (χ2v) is 4.06. The molecule has 2 aromatic rings. The minimum atomic E-state index is -0.365. The highest BCUT2D eigenvalue weighted by atomic mass is 35.5. The van der Waals surface area contributed by atoms with Crippen LogP contribution in [-0.4, -0.2) is 9.97 Å². The Balaban J connectivity index is 2.59. The van der Waals surface area contributed by atoms with Crippen molar-refractivity contribution >= 4 is 11.6 Å². The molecule has 0 fully saturated rings. The number of hydrogen-bond donors (Lipinski definition) is 1. The third kappa shape index (κ3) is 2.60. The van der Waals surface area contributed by atoms with E-state index in [4.69, 9.17) is 17.3 Å². The normalized spacial score (nSPS) is 10.6. The number of benzene rings is 1. The van der Waals surface area contributed by atoms with E-state index in [0.717, 1.165) is 0 Å². The summed E-state index contributed by atoms with van der Waals surface area (Å²) < 4.78 is 13.7. The van der Waals surface area contributed by atoms with Crippen LogP contribution in [0.15, 0.2) is 24.3 Å². The molecular formula is C12H11ClFN3. The van der Waals surface area contributed by atoms with Crippen LogP contribution in [-0.2, 0) is 6.54 Å².